The van der Waals surface area contributed by atoms with Gasteiger partial charge in [-0.05, 0) is 67.5 Å². The fraction of sp³-hybridized carbons (Fsp3) is 0.458. The maximum atomic E-state index is 14.5. The van der Waals surface area contributed by atoms with E-state index in [2.05, 4.69) is 5.32 Å². The van der Waals surface area contributed by atoms with Gasteiger partial charge in [0.2, 0.25) is 10.0 Å². The molecule has 1 saturated heterocycles. The van der Waals surface area contributed by atoms with Crippen LogP contribution in [0.15, 0.2) is 41.3 Å². The molecule has 2 aliphatic heterocycles. The summed E-state index contributed by atoms with van der Waals surface area (Å²) in [5, 5.41) is 3.03. The predicted octanol–water partition coefficient (Wildman–Crippen LogP) is 3.65. The summed E-state index contributed by atoms with van der Waals surface area (Å²) in [7, 11) is -4.00. The molecule has 2 heterocycles. The number of sulfonamides is 1. The molecule has 5 rings (SSSR count). The Bertz CT molecular complexity index is 1160. The van der Waals surface area contributed by atoms with Gasteiger partial charge < -0.3 is 14.8 Å². The van der Waals surface area contributed by atoms with Crippen LogP contribution < -0.4 is 14.8 Å². The summed E-state index contributed by atoms with van der Waals surface area (Å²) in [6.45, 7) is 1.71. The lowest BCUT2D eigenvalue weighted by Crippen LogP contribution is -2.36. The molecule has 9 heteroatoms. The summed E-state index contributed by atoms with van der Waals surface area (Å²) < 4.78 is 53.1. The Labute approximate surface area is 192 Å². The third-order valence-electron chi connectivity index (χ3n) is 6.43. The number of nitrogens with one attached hydrogen (secondary N) is 1. The summed E-state index contributed by atoms with van der Waals surface area (Å²) in [4.78, 5) is 12.7. The largest absolute Gasteiger partial charge is 0.486 e. The summed E-state index contributed by atoms with van der Waals surface area (Å²) in [6, 6.07) is 8.92. The van der Waals surface area contributed by atoms with Crippen molar-refractivity contribution in [3.8, 4) is 11.5 Å². The van der Waals surface area contributed by atoms with Crippen LogP contribution in [0, 0.1) is 11.7 Å². The van der Waals surface area contributed by atoms with E-state index in [1.165, 1.54) is 10.4 Å². The van der Waals surface area contributed by atoms with E-state index in [0.29, 0.717) is 37.8 Å². The van der Waals surface area contributed by atoms with E-state index >= 15 is 0 Å². The minimum Gasteiger partial charge on any atom is -0.486 e. The second-order valence-electron chi connectivity index (χ2n) is 8.80. The number of nitrogens with zero attached hydrogens (tertiary/aromatic N) is 1. The van der Waals surface area contributed by atoms with Gasteiger partial charge in [0.25, 0.3) is 5.91 Å². The van der Waals surface area contributed by atoms with Gasteiger partial charge >= 0.3 is 0 Å². The molecule has 2 aromatic rings. The maximum absolute atomic E-state index is 14.5. The van der Waals surface area contributed by atoms with Crippen molar-refractivity contribution in [2.24, 2.45) is 5.92 Å². The van der Waals surface area contributed by atoms with Crippen LogP contribution in [0.25, 0.3) is 0 Å². The van der Waals surface area contributed by atoms with Crippen molar-refractivity contribution < 1.29 is 27.1 Å². The standard InChI is InChI=1S/C24H27FN2O5S/c25-19-8-6-18(15-22(19)33(29,30)27-10-2-1-3-11-27)24(28)26-23(16-4-5-16)17-7-9-20-21(14-17)32-13-12-31-20/h6-9,14-16,23H,1-5,10-13H2,(H,26,28). The van der Waals surface area contributed by atoms with Crippen LogP contribution in [-0.4, -0.2) is 44.9 Å². The highest BCUT2D eigenvalue weighted by atomic mass is 32.2. The SMILES string of the molecule is O=C(NC(c1ccc2c(c1)OCCO2)C1CC1)c1ccc(F)c(S(=O)(=O)N2CCCCC2)c1. The van der Waals surface area contributed by atoms with Crippen molar-refractivity contribution in [2.45, 2.75) is 43.0 Å². The highest BCUT2D eigenvalue weighted by molar-refractivity contribution is 7.89. The fourth-order valence-corrected chi connectivity index (χ4v) is 6.07. The monoisotopic (exact) mass is 474 g/mol. The third kappa shape index (κ3) is 4.56. The zero-order chi connectivity index (χ0) is 23.0. The zero-order valence-electron chi connectivity index (χ0n) is 18.3. The molecule has 2 aromatic carbocycles. The van der Waals surface area contributed by atoms with Gasteiger partial charge in [-0.15, -0.1) is 0 Å². The van der Waals surface area contributed by atoms with Crippen molar-refractivity contribution in [3.63, 3.8) is 0 Å². The maximum Gasteiger partial charge on any atom is 0.251 e. The zero-order valence-corrected chi connectivity index (χ0v) is 19.1. The number of fused-ring (bicyclic) bond motifs is 1. The molecular formula is C24H27FN2O5S. The number of ether oxygens (including phenoxy) is 2. The quantitative estimate of drug-likeness (QED) is 0.691. The topological polar surface area (TPSA) is 84.9 Å². The minimum absolute atomic E-state index is 0.121. The summed E-state index contributed by atoms with van der Waals surface area (Å²) in [5.74, 6) is 0.334. The molecule has 0 bridgehead atoms. The normalized spacial score (nSPS) is 19.7. The molecule has 0 aromatic heterocycles. The average molecular weight is 475 g/mol. The van der Waals surface area contributed by atoms with Crippen LogP contribution in [0.3, 0.4) is 0 Å². The van der Waals surface area contributed by atoms with Gasteiger partial charge in [0.1, 0.15) is 23.9 Å². The van der Waals surface area contributed by atoms with E-state index in [1.54, 1.807) is 0 Å². The van der Waals surface area contributed by atoms with Crippen molar-refractivity contribution in [1.29, 1.82) is 0 Å². The van der Waals surface area contributed by atoms with E-state index in [1.807, 2.05) is 18.2 Å². The Morgan fingerprint density at radius 2 is 1.73 bits per heavy atom. The Morgan fingerprint density at radius 3 is 2.45 bits per heavy atom. The molecule has 33 heavy (non-hydrogen) atoms. The molecule has 176 valence electrons. The highest BCUT2D eigenvalue weighted by Gasteiger charge is 2.35. The van der Waals surface area contributed by atoms with Crippen LogP contribution in [0.1, 0.15) is 54.1 Å². The van der Waals surface area contributed by atoms with Crippen molar-refractivity contribution >= 4 is 15.9 Å². The van der Waals surface area contributed by atoms with Crippen molar-refractivity contribution in [2.75, 3.05) is 26.3 Å². The minimum atomic E-state index is -4.00. The Kier molecular flexibility index (Phi) is 6.01. The fourth-order valence-electron chi connectivity index (χ4n) is 4.47. The molecule has 1 amide bonds. The van der Waals surface area contributed by atoms with Gasteiger partial charge in [-0.1, -0.05) is 12.5 Å². The molecule has 1 saturated carbocycles. The molecule has 1 aliphatic carbocycles. The molecule has 1 N–H and O–H groups in total. The molecule has 3 aliphatic rings. The van der Waals surface area contributed by atoms with E-state index in [9.17, 15) is 17.6 Å². The lowest BCUT2D eigenvalue weighted by atomic mass is 10.0. The molecule has 0 spiro atoms. The number of carbonyl (C=O) groups is 1. The molecule has 1 unspecified atom stereocenters. The van der Waals surface area contributed by atoms with Crippen LogP contribution in [0.2, 0.25) is 0 Å². The second-order valence-corrected chi connectivity index (χ2v) is 10.7. The average Bonchev–Trinajstić information content (AvgIpc) is 3.68. The lowest BCUT2D eigenvalue weighted by molar-refractivity contribution is 0.0931. The van der Waals surface area contributed by atoms with Gasteiger partial charge in [0.05, 0.1) is 6.04 Å². The van der Waals surface area contributed by atoms with E-state index in [0.717, 1.165) is 49.8 Å². The Morgan fingerprint density at radius 1 is 1.00 bits per heavy atom. The van der Waals surface area contributed by atoms with E-state index in [-0.39, 0.29) is 17.5 Å². The van der Waals surface area contributed by atoms with Gasteiger partial charge in [0, 0.05) is 18.7 Å². The number of hydrogen-bond acceptors (Lipinski definition) is 5. The van der Waals surface area contributed by atoms with Gasteiger partial charge in [0.15, 0.2) is 11.5 Å². The van der Waals surface area contributed by atoms with Crippen LogP contribution in [0.5, 0.6) is 11.5 Å². The highest BCUT2D eigenvalue weighted by Crippen LogP contribution is 2.43. The summed E-state index contributed by atoms with van der Waals surface area (Å²) in [5.41, 5.74) is 1.02. The number of amides is 1. The van der Waals surface area contributed by atoms with E-state index in [4.69, 9.17) is 9.47 Å². The number of rotatable bonds is 6. The molecule has 1 atom stereocenters. The first kappa shape index (κ1) is 22.2. The first-order valence-electron chi connectivity index (χ1n) is 11.4. The number of piperidine rings is 1. The van der Waals surface area contributed by atoms with Gasteiger partial charge in [-0.25, -0.2) is 12.8 Å². The van der Waals surface area contributed by atoms with Gasteiger partial charge in [-0.3, -0.25) is 4.79 Å². The molecule has 2 fully saturated rings. The summed E-state index contributed by atoms with van der Waals surface area (Å²) >= 11 is 0. The number of carbonyl (C=O) groups excluding carboxylic acids is 1. The van der Waals surface area contributed by atoms with Crippen molar-refractivity contribution in [1.82, 2.24) is 9.62 Å². The van der Waals surface area contributed by atoms with Crippen LogP contribution >= 0.6 is 0 Å². The third-order valence-corrected chi connectivity index (χ3v) is 8.35. The van der Waals surface area contributed by atoms with Crippen LogP contribution in [-0.2, 0) is 10.0 Å². The number of hydrogen-bond donors (Lipinski definition) is 1. The van der Waals surface area contributed by atoms with E-state index < -0.39 is 26.6 Å². The Hall–Kier alpha value is -2.65. The van der Waals surface area contributed by atoms with Gasteiger partial charge in [-0.2, -0.15) is 4.31 Å². The first-order chi connectivity index (χ1) is 15.9. The molecular weight excluding hydrogens is 447 g/mol. The number of benzene rings is 2. The van der Waals surface area contributed by atoms with Crippen LogP contribution in [0.4, 0.5) is 4.39 Å². The second kappa shape index (κ2) is 8.95. The number of halogens is 1. The first-order valence-corrected chi connectivity index (χ1v) is 12.9. The Balaban J connectivity index is 1.39. The molecule has 0 radical (unpaired) electrons. The summed E-state index contributed by atoms with van der Waals surface area (Å²) in [6.07, 6.45) is 4.42. The van der Waals surface area contributed by atoms with Crippen molar-refractivity contribution in [3.05, 3.63) is 53.3 Å². The lowest BCUT2D eigenvalue weighted by Gasteiger charge is -2.26. The smallest absolute Gasteiger partial charge is 0.251 e. The predicted molar refractivity (Wildman–Crippen MR) is 119 cm³/mol. The molecule has 7 nitrogen and oxygen atoms in total.